The van der Waals surface area contributed by atoms with Crippen molar-refractivity contribution in [2.24, 2.45) is 0 Å². The van der Waals surface area contributed by atoms with Crippen LogP contribution in [0.4, 0.5) is 10.7 Å². The molecule has 1 N–H and O–H groups in total. The first-order valence-electron chi connectivity index (χ1n) is 8.44. The van der Waals surface area contributed by atoms with E-state index >= 15 is 0 Å². The van der Waals surface area contributed by atoms with Gasteiger partial charge in [-0.1, -0.05) is 0 Å². The van der Waals surface area contributed by atoms with Crippen LogP contribution in [-0.4, -0.2) is 31.6 Å². The van der Waals surface area contributed by atoms with Crippen LogP contribution in [0.1, 0.15) is 46.4 Å². The van der Waals surface area contributed by atoms with Crippen molar-refractivity contribution in [3.8, 4) is 0 Å². The fourth-order valence-corrected chi connectivity index (χ4v) is 3.50. The predicted octanol–water partition coefficient (Wildman–Crippen LogP) is 4.33. The van der Waals surface area contributed by atoms with Crippen molar-refractivity contribution in [1.29, 1.82) is 0 Å². The molecule has 2 rings (SSSR count). The van der Waals surface area contributed by atoms with Crippen molar-refractivity contribution in [3.05, 3.63) is 46.3 Å². The van der Waals surface area contributed by atoms with Crippen molar-refractivity contribution >= 4 is 33.9 Å². The maximum Gasteiger partial charge on any atom is 0.348 e. The Morgan fingerprint density at radius 2 is 1.76 bits per heavy atom. The number of aryl methyl sites for hydroxylation is 1. The van der Waals surface area contributed by atoms with Crippen LogP contribution < -0.4 is 10.2 Å². The summed E-state index contributed by atoms with van der Waals surface area (Å²) in [4.78, 5) is 27.0. The summed E-state index contributed by atoms with van der Waals surface area (Å²) >= 11 is 1.23. The zero-order chi connectivity index (χ0) is 18.4. The minimum atomic E-state index is -0.353. The number of nitrogens with zero attached hydrogens (tertiary/aromatic N) is 1. The molecule has 6 heteroatoms. The molecule has 0 aliphatic carbocycles. The highest BCUT2D eigenvalue weighted by Gasteiger charge is 2.16. The zero-order valence-corrected chi connectivity index (χ0v) is 15.9. The molecule has 1 aromatic carbocycles. The van der Waals surface area contributed by atoms with E-state index in [2.05, 4.69) is 24.1 Å². The topological polar surface area (TPSA) is 58.6 Å². The van der Waals surface area contributed by atoms with E-state index in [-0.39, 0.29) is 11.9 Å². The zero-order valence-electron chi connectivity index (χ0n) is 15.1. The fourth-order valence-electron chi connectivity index (χ4n) is 2.54. The highest BCUT2D eigenvalue weighted by molar-refractivity contribution is 7.18. The van der Waals surface area contributed by atoms with Crippen molar-refractivity contribution in [2.75, 3.05) is 29.9 Å². The Labute approximate surface area is 152 Å². The van der Waals surface area contributed by atoms with E-state index in [0.717, 1.165) is 24.3 Å². The fraction of sp³-hybridized carbons (Fsp3) is 0.368. The highest BCUT2D eigenvalue weighted by Crippen LogP contribution is 2.28. The van der Waals surface area contributed by atoms with Crippen LogP contribution in [0.15, 0.2) is 30.3 Å². The lowest BCUT2D eigenvalue weighted by molar-refractivity contribution is 0.0531. The van der Waals surface area contributed by atoms with Crippen LogP contribution in [-0.2, 0) is 4.74 Å². The van der Waals surface area contributed by atoms with E-state index in [9.17, 15) is 9.59 Å². The normalized spacial score (nSPS) is 10.4. The molecule has 0 bridgehead atoms. The van der Waals surface area contributed by atoms with Gasteiger partial charge in [0.25, 0.3) is 5.91 Å². The number of esters is 1. The lowest BCUT2D eigenvalue weighted by Gasteiger charge is -2.21. The third-order valence-corrected chi connectivity index (χ3v) is 5.01. The number of ether oxygens (including phenoxy) is 1. The molecule has 2 aromatic rings. The number of hydrogen-bond donors (Lipinski definition) is 1. The van der Waals surface area contributed by atoms with E-state index in [1.807, 2.05) is 31.2 Å². The third kappa shape index (κ3) is 4.60. The van der Waals surface area contributed by atoms with Crippen LogP contribution in [0.2, 0.25) is 0 Å². The molecular weight excluding hydrogens is 336 g/mol. The van der Waals surface area contributed by atoms with Gasteiger partial charge in [0.05, 0.1) is 11.6 Å². The van der Waals surface area contributed by atoms with Gasteiger partial charge in [-0.15, -0.1) is 11.3 Å². The summed E-state index contributed by atoms with van der Waals surface area (Å²) < 4.78 is 5.02. The minimum Gasteiger partial charge on any atom is -0.462 e. The summed E-state index contributed by atoms with van der Waals surface area (Å²) in [7, 11) is 0. The molecule has 0 saturated carbocycles. The Kier molecular flexibility index (Phi) is 6.58. The predicted molar refractivity (Wildman–Crippen MR) is 103 cm³/mol. The van der Waals surface area contributed by atoms with Gasteiger partial charge in [0.1, 0.15) is 4.88 Å². The molecule has 0 unspecified atom stereocenters. The Morgan fingerprint density at radius 3 is 2.32 bits per heavy atom. The van der Waals surface area contributed by atoms with Gasteiger partial charge in [0.2, 0.25) is 0 Å². The molecule has 0 fully saturated rings. The standard InChI is InChI=1S/C19H24N2O3S/c1-5-21(6-2)15-10-8-14(9-11-15)18(22)20-16-12-13(4)17(25-16)19(23)24-7-3/h8-12H,5-7H2,1-4H3,(H,20,22). The van der Waals surface area contributed by atoms with Gasteiger partial charge in [-0.3, -0.25) is 4.79 Å². The molecule has 5 nitrogen and oxygen atoms in total. The summed E-state index contributed by atoms with van der Waals surface area (Å²) in [6.07, 6.45) is 0. The summed E-state index contributed by atoms with van der Waals surface area (Å²) in [5.74, 6) is -0.545. The van der Waals surface area contributed by atoms with Crippen LogP contribution >= 0.6 is 11.3 Å². The van der Waals surface area contributed by atoms with Gasteiger partial charge >= 0.3 is 5.97 Å². The molecule has 0 atom stereocenters. The molecular formula is C19H24N2O3S. The number of carbonyl (C=O) groups excluding carboxylic acids is 2. The van der Waals surface area contributed by atoms with Crippen molar-refractivity contribution < 1.29 is 14.3 Å². The molecule has 1 heterocycles. The molecule has 134 valence electrons. The highest BCUT2D eigenvalue weighted by atomic mass is 32.1. The number of amides is 1. The summed E-state index contributed by atoms with van der Waals surface area (Å²) in [6.45, 7) is 9.98. The molecule has 0 radical (unpaired) electrons. The van der Waals surface area contributed by atoms with Crippen molar-refractivity contribution in [1.82, 2.24) is 0 Å². The van der Waals surface area contributed by atoms with E-state index in [0.29, 0.717) is 22.0 Å². The Hall–Kier alpha value is -2.34. The maximum atomic E-state index is 12.4. The number of nitrogens with one attached hydrogen (secondary N) is 1. The molecule has 0 aliphatic rings. The van der Waals surface area contributed by atoms with Crippen LogP contribution in [0.25, 0.3) is 0 Å². The van der Waals surface area contributed by atoms with E-state index in [1.165, 1.54) is 11.3 Å². The van der Waals surface area contributed by atoms with E-state index in [4.69, 9.17) is 4.74 Å². The average molecular weight is 360 g/mol. The Balaban J connectivity index is 2.09. The molecule has 1 aromatic heterocycles. The van der Waals surface area contributed by atoms with Gasteiger partial charge in [-0.2, -0.15) is 0 Å². The molecule has 0 aliphatic heterocycles. The molecule has 0 saturated heterocycles. The van der Waals surface area contributed by atoms with Gasteiger partial charge in [0, 0.05) is 24.3 Å². The second-order valence-electron chi connectivity index (χ2n) is 5.52. The van der Waals surface area contributed by atoms with Gasteiger partial charge in [-0.05, 0) is 63.6 Å². The number of thiophene rings is 1. The number of hydrogen-bond acceptors (Lipinski definition) is 5. The number of rotatable bonds is 7. The number of benzene rings is 1. The van der Waals surface area contributed by atoms with Gasteiger partial charge < -0.3 is 15.0 Å². The second kappa shape index (κ2) is 8.67. The summed E-state index contributed by atoms with van der Waals surface area (Å²) in [5, 5.41) is 3.49. The third-order valence-electron chi connectivity index (χ3n) is 3.87. The molecule has 1 amide bonds. The second-order valence-corrected chi connectivity index (χ2v) is 6.57. The molecule has 0 spiro atoms. The lowest BCUT2D eigenvalue weighted by atomic mass is 10.2. The van der Waals surface area contributed by atoms with E-state index in [1.54, 1.807) is 13.0 Å². The van der Waals surface area contributed by atoms with Crippen LogP contribution in [0.3, 0.4) is 0 Å². The monoisotopic (exact) mass is 360 g/mol. The summed E-state index contributed by atoms with van der Waals surface area (Å²) in [6, 6.07) is 9.32. The Bertz CT molecular complexity index is 734. The number of anilines is 2. The maximum absolute atomic E-state index is 12.4. The first-order chi connectivity index (χ1) is 12.0. The lowest BCUT2D eigenvalue weighted by Crippen LogP contribution is -2.21. The van der Waals surface area contributed by atoms with Crippen LogP contribution in [0, 0.1) is 6.92 Å². The van der Waals surface area contributed by atoms with Gasteiger partial charge in [-0.25, -0.2) is 4.79 Å². The van der Waals surface area contributed by atoms with E-state index < -0.39 is 0 Å². The van der Waals surface area contributed by atoms with Crippen LogP contribution in [0.5, 0.6) is 0 Å². The van der Waals surface area contributed by atoms with Gasteiger partial charge in [0.15, 0.2) is 0 Å². The smallest absolute Gasteiger partial charge is 0.348 e. The quantitative estimate of drug-likeness (QED) is 0.747. The van der Waals surface area contributed by atoms with Crippen molar-refractivity contribution in [3.63, 3.8) is 0 Å². The number of carbonyl (C=O) groups is 2. The Morgan fingerprint density at radius 1 is 1.12 bits per heavy atom. The molecule has 25 heavy (non-hydrogen) atoms. The first kappa shape index (κ1) is 19.0. The summed E-state index contributed by atoms with van der Waals surface area (Å²) in [5.41, 5.74) is 2.48. The first-order valence-corrected chi connectivity index (χ1v) is 9.25. The van der Waals surface area contributed by atoms with Crippen molar-refractivity contribution in [2.45, 2.75) is 27.7 Å². The largest absolute Gasteiger partial charge is 0.462 e. The average Bonchev–Trinajstić information content (AvgIpc) is 2.97. The SMILES string of the molecule is CCOC(=O)c1sc(NC(=O)c2ccc(N(CC)CC)cc2)cc1C. The minimum absolute atomic E-state index is 0.192.